The first-order valence-corrected chi connectivity index (χ1v) is 4.16. The van der Waals surface area contributed by atoms with Crippen molar-refractivity contribution >= 4 is 17.2 Å². The summed E-state index contributed by atoms with van der Waals surface area (Å²) in [5.41, 5.74) is 1.29. The normalized spacial score (nSPS) is 9.92. The molecule has 0 saturated heterocycles. The number of hydrogen-bond donors (Lipinski definition) is 0. The Morgan fingerprint density at radius 2 is 2.25 bits per heavy atom. The molecule has 0 radical (unpaired) electrons. The van der Waals surface area contributed by atoms with Crippen molar-refractivity contribution in [3.8, 4) is 0 Å². The first-order valence-electron chi connectivity index (χ1n) is 3.79. The lowest BCUT2D eigenvalue weighted by Gasteiger charge is -2.04. The molecule has 1 aromatic rings. The molecule has 0 aliphatic rings. The standard InChI is InChI=1S/C10H10ClF/c1-3-7(2)8-5-4-6-9(11)10(8)12/h4-6H,2-3H2,1H3. The van der Waals surface area contributed by atoms with Crippen LogP contribution >= 0.6 is 11.6 Å². The van der Waals surface area contributed by atoms with Gasteiger partial charge in [-0.05, 0) is 18.1 Å². The fraction of sp³-hybridized carbons (Fsp3) is 0.200. The molecule has 0 spiro atoms. The maximum Gasteiger partial charge on any atom is 0.149 e. The van der Waals surface area contributed by atoms with Gasteiger partial charge in [0.2, 0.25) is 0 Å². The van der Waals surface area contributed by atoms with Crippen molar-refractivity contribution in [1.29, 1.82) is 0 Å². The Bertz CT molecular complexity index is 305. The first-order chi connectivity index (χ1) is 5.66. The molecule has 12 heavy (non-hydrogen) atoms. The van der Waals surface area contributed by atoms with Crippen molar-refractivity contribution in [2.45, 2.75) is 13.3 Å². The molecule has 0 amide bonds. The van der Waals surface area contributed by atoms with E-state index in [2.05, 4.69) is 6.58 Å². The minimum absolute atomic E-state index is 0.155. The van der Waals surface area contributed by atoms with Gasteiger partial charge in [0.05, 0.1) is 5.02 Å². The Labute approximate surface area is 76.7 Å². The fourth-order valence-electron chi connectivity index (χ4n) is 0.967. The van der Waals surface area contributed by atoms with E-state index in [1.165, 1.54) is 6.07 Å². The Hall–Kier alpha value is -0.820. The predicted molar refractivity (Wildman–Crippen MR) is 50.7 cm³/mol. The van der Waals surface area contributed by atoms with Gasteiger partial charge in [0.15, 0.2) is 0 Å². The van der Waals surface area contributed by atoms with Gasteiger partial charge in [-0.1, -0.05) is 37.2 Å². The second-order valence-electron chi connectivity index (χ2n) is 2.56. The summed E-state index contributed by atoms with van der Waals surface area (Å²) < 4.78 is 13.2. The minimum Gasteiger partial charge on any atom is -0.205 e. The molecule has 0 aliphatic carbocycles. The highest BCUT2D eigenvalue weighted by atomic mass is 35.5. The van der Waals surface area contributed by atoms with Gasteiger partial charge < -0.3 is 0 Å². The van der Waals surface area contributed by atoms with Gasteiger partial charge in [-0.25, -0.2) is 4.39 Å². The highest BCUT2D eigenvalue weighted by molar-refractivity contribution is 6.30. The predicted octanol–water partition coefficient (Wildman–Crippen LogP) is 3.90. The molecule has 1 rings (SSSR count). The zero-order valence-corrected chi connectivity index (χ0v) is 7.66. The smallest absolute Gasteiger partial charge is 0.149 e. The van der Waals surface area contributed by atoms with Crippen LogP contribution in [0.25, 0.3) is 5.57 Å². The summed E-state index contributed by atoms with van der Waals surface area (Å²) in [6, 6.07) is 4.94. The number of halogens is 2. The van der Waals surface area contributed by atoms with Crippen molar-refractivity contribution in [3.05, 3.63) is 41.2 Å². The van der Waals surface area contributed by atoms with E-state index in [1.807, 2.05) is 6.92 Å². The summed E-state index contributed by atoms with van der Waals surface area (Å²) in [5.74, 6) is -0.369. The highest BCUT2D eigenvalue weighted by Crippen LogP contribution is 2.24. The van der Waals surface area contributed by atoms with Crippen LogP contribution in [0.2, 0.25) is 5.02 Å². The molecule has 0 nitrogen and oxygen atoms in total. The van der Waals surface area contributed by atoms with E-state index in [0.717, 1.165) is 12.0 Å². The van der Waals surface area contributed by atoms with Gasteiger partial charge in [0.25, 0.3) is 0 Å². The van der Waals surface area contributed by atoms with Crippen molar-refractivity contribution in [2.24, 2.45) is 0 Å². The maximum absolute atomic E-state index is 13.2. The van der Waals surface area contributed by atoms with Crippen LogP contribution in [-0.2, 0) is 0 Å². The number of benzene rings is 1. The summed E-state index contributed by atoms with van der Waals surface area (Å²) in [6.07, 6.45) is 0.733. The number of rotatable bonds is 2. The Morgan fingerprint density at radius 3 is 2.83 bits per heavy atom. The molecular weight excluding hydrogens is 175 g/mol. The Kier molecular flexibility index (Phi) is 2.88. The van der Waals surface area contributed by atoms with Crippen LogP contribution in [0.5, 0.6) is 0 Å². The van der Waals surface area contributed by atoms with E-state index >= 15 is 0 Å². The number of hydrogen-bond acceptors (Lipinski definition) is 0. The zero-order valence-electron chi connectivity index (χ0n) is 6.90. The third-order valence-electron chi connectivity index (χ3n) is 1.76. The van der Waals surface area contributed by atoms with E-state index in [9.17, 15) is 4.39 Å². The van der Waals surface area contributed by atoms with Gasteiger partial charge in [0, 0.05) is 5.56 Å². The van der Waals surface area contributed by atoms with Crippen LogP contribution in [0.1, 0.15) is 18.9 Å². The molecule has 0 aromatic heterocycles. The lowest BCUT2D eigenvalue weighted by atomic mass is 10.1. The lowest BCUT2D eigenvalue weighted by Crippen LogP contribution is -1.88. The van der Waals surface area contributed by atoms with Crippen LogP contribution in [0.15, 0.2) is 24.8 Å². The summed E-state index contributed by atoms with van der Waals surface area (Å²) in [5, 5.41) is 0.155. The average molecular weight is 185 g/mol. The first kappa shape index (κ1) is 9.27. The van der Waals surface area contributed by atoms with Crippen LogP contribution in [0, 0.1) is 5.82 Å². The zero-order chi connectivity index (χ0) is 9.14. The molecule has 0 unspecified atom stereocenters. The Balaban J connectivity index is 3.16. The van der Waals surface area contributed by atoms with Gasteiger partial charge in [-0.15, -0.1) is 0 Å². The molecule has 0 fully saturated rings. The minimum atomic E-state index is -0.369. The highest BCUT2D eigenvalue weighted by Gasteiger charge is 2.06. The van der Waals surface area contributed by atoms with Gasteiger partial charge in [0.1, 0.15) is 5.82 Å². The van der Waals surface area contributed by atoms with E-state index in [0.29, 0.717) is 5.56 Å². The molecule has 1 aromatic carbocycles. The molecule has 64 valence electrons. The van der Waals surface area contributed by atoms with E-state index in [4.69, 9.17) is 11.6 Å². The summed E-state index contributed by atoms with van der Waals surface area (Å²) >= 11 is 5.60. The largest absolute Gasteiger partial charge is 0.205 e. The maximum atomic E-state index is 13.2. The Morgan fingerprint density at radius 1 is 1.58 bits per heavy atom. The van der Waals surface area contributed by atoms with E-state index in [1.54, 1.807) is 12.1 Å². The number of allylic oxidation sites excluding steroid dienone is 1. The van der Waals surface area contributed by atoms with Crippen molar-refractivity contribution in [2.75, 3.05) is 0 Å². The van der Waals surface area contributed by atoms with Crippen molar-refractivity contribution < 1.29 is 4.39 Å². The molecule has 0 atom stereocenters. The molecular formula is C10H10ClF. The topological polar surface area (TPSA) is 0 Å². The van der Waals surface area contributed by atoms with Crippen LogP contribution in [-0.4, -0.2) is 0 Å². The van der Waals surface area contributed by atoms with Gasteiger partial charge >= 0.3 is 0 Å². The van der Waals surface area contributed by atoms with Gasteiger partial charge in [-0.2, -0.15) is 0 Å². The summed E-state index contributed by atoms with van der Waals surface area (Å²) in [7, 11) is 0. The van der Waals surface area contributed by atoms with Crippen LogP contribution < -0.4 is 0 Å². The molecule has 0 N–H and O–H groups in total. The van der Waals surface area contributed by atoms with Gasteiger partial charge in [-0.3, -0.25) is 0 Å². The average Bonchev–Trinajstić information content (AvgIpc) is 2.08. The van der Waals surface area contributed by atoms with Crippen LogP contribution in [0.4, 0.5) is 4.39 Å². The summed E-state index contributed by atoms with van der Waals surface area (Å²) in [4.78, 5) is 0. The van der Waals surface area contributed by atoms with Crippen molar-refractivity contribution in [3.63, 3.8) is 0 Å². The molecule has 2 heteroatoms. The quantitative estimate of drug-likeness (QED) is 0.654. The summed E-state index contributed by atoms with van der Waals surface area (Å²) in [6.45, 7) is 5.68. The van der Waals surface area contributed by atoms with E-state index in [-0.39, 0.29) is 10.8 Å². The van der Waals surface area contributed by atoms with Crippen molar-refractivity contribution in [1.82, 2.24) is 0 Å². The molecule has 0 aliphatic heterocycles. The van der Waals surface area contributed by atoms with E-state index < -0.39 is 0 Å². The third kappa shape index (κ3) is 1.67. The molecule has 0 heterocycles. The second-order valence-corrected chi connectivity index (χ2v) is 2.97. The SMILES string of the molecule is C=C(CC)c1cccc(Cl)c1F. The monoisotopic (exact) mass is 184 g/mol. The molecule has 0 bridgehead atoms. The third-order valence-corrected chi connectivity index (χ3v) is 2.05. The molecule has 0 saturated carbocycles. The second kappa shape index (κ2) is 3.72. The van der Waals surface area contributed by atoms with Crippen LogP contribution in [0.3, 0.4) is 0 Å². The fourth-order valence-corrected chi connectivity index (χ4v) is 1.14. The lowest BCUT2D eigenvalue weighted by molar-refractivity contribution is 0.624.